The Hall–Kier alpha value is -1.29. The number of carbonyl (C=O) groups is 1. The maximum absolute atomic E-state index is 11.1. The topological polar surface area (TPSA) is 50.2 Å². The maximum atomic E-state index is 11.1. The molecule has 0 saturated heterocycles. The second kappa shape index (κ2) is 4.81. The summed E-state index contributed by atoms with van der Waals surface area (Å²) in [6, 6.07) is 3.58. The normalized spacial score (nSPS) is 12.1. The van der Waals surface area contributed by atoms with E-state index in [1.807, 2.05) is 0 Å². The molecule has 3 nitrogen and oxygen atoms in total. The largest absolute Gasteiger partial charge is 0.511 e. The van der Waals surface area contributed by atoms with Gasteiger partial charge >= 0.3 is 0 Å². The third kappa shape index (κ3) is 2.88. The average molecular weight is 209 g/mol. The molecule has 0 atom stereocenters. The highest BCUT2D eigenvalue weighted by atomic mass is 32.2. The summed E-state index contributed by atoms with van der Waals surface area (Å²) in [5, 5.41) is 9.27. The average Bonchev–Trinajstić information content (AvgIpc) is 2.15. The minimum atomic E-state index is -0.133. The Balaban J connectivity index is 2.87. The number of pyridine rings is 1. The van der Waals surface area contributed by atoms with E-state index in [4.69, 9.17) is 0 Å². The number of aliphatic hydroxyl groups excluding tert-OH is 1. The van der Waals surface area contributed by atoms with E-state index in [0.29, 0.717) is 4.91 Å². The molecule has 0 bridgehead atoms. The number of Topliss-reactive ketones (excluding diaryl/α,β-unsaturated/α-hetero) is 1. The number of hydrogen-bond acceptors (Lipinski definition) is 4. The lowest BCUT2D eigenvalue weighted by atomic mass is 10.4. The van der Waals surface area contributed by atoms with Crippen molar-refractivity contribution in [1.82, 2.24) is 4.98 Å². The first-order chi connectivity index (χ1) is 6.61. The van der Waals surface area contributed by atoms with E-state index in [9.17, 15) is 9.90 Å². The van der Waals surface area contributed by atoms with Crippen molar-refractivity contribution in [3.63, 3.8) is 0 Å². The van der Waals surface area contributed by atoms with Crippen LogP contribution < -0.4 is 0 Å². The fourth-order valence-corrected chi connectivity index (χ4v) is 1.71. The minimum absolute atomic E-state index is 0.0549. The first kappa shape index (κ1) is 10.8. The number of thioether (sulfide) groups is 1. The molecule has 14 heavy (non-hydrogen) atoms. The zero-order valence-electron chi connectivity index (χ0n) is 8.02. The van der Waals surface area contributed by atoms with E-state index in [-0.39, 0.29) is 11.5 Å². The zero-order chi connectivity index (χ0) is 10.6. The van der Waals surface area contributed by atoms with Crippen molar-refractivity contribution in [2.45, 2.75) is 18.7 Å². The zero-order valence-corrected chi connectivity index (χ0v) is 8.84. The highest BCUT2D eigenvalue weighted by Crippen LogP contribution is 2.28. The molecule has 0 unspecified atom stereocenters. The Bertz CT molecular complexity index is 356. The Morgan fingerprint density at radius 1 is 1.36 bits per heavy atom. The van der Waals surface area contributed by atoms with Gasteiger partial charge in [0, 0.05) is 17.3 Å². The molecule has 1 aromatic heterocycles. The monoisotopic (exact) mass is 209 g/mol. The summed E-state index contributed by atoms with van der Waals surface area (Å²) in [6.45, 7) is 2.94. The molecular weight excluding hydrogens is 198 g/mol. The van der Waals surface area contributed by atoms with Crippen molar-refractivity contribution in [3.05, 3.63) is 35.2 Å². The smallest absolute Gasteiger partial charge is 0.169 e. The van der Waals surface area contributed by atoms with Gasteiger partial charge in [-0.3, -0.25) is 9.78 Å². The number of hydrogen-bond donors (Lipinski definition) is 1. The summed E-state index contributed by atoms with van der Waals surface area (Å²) < 4.78 is 0. The van der Waals surface area contributed by atoms with Crippen molar-refractivity contribution < 1.29 is 9.90 Å². The SMILES string of the molecule is CC(=O)/C(Sc1ccncc1)=C(/C)O. The number of allylic oxidation sites excluding steroid dienone is 2. The molecule has 0 radical (unpaired) electrons. The van der Waals surface area contributed by atoms with E-state index in [1.54, 1.807) is 24.5 Å². The Kier molecular flexibility index (Phi) is 3.71. The van der Waals surface area contributed by atoms with Gasteiger partial charge in [0.2, 0.25) is 0 Å². The molecule has 1 heterocycles. The molecule has 1 aromatic rings. The molecule has 74 valence electrons. The quantitative estimate of drug-likeness (QED) is 0.472. The van der Waals surface area contributed by atoms with Crippen LogP contribution in [0.5, 0.6) is 0 Å². The third-order valence-corrected chi connectivity index (χ3v) is 2.81. The van der Waals surface area contributed by atoms with E-state index in [2.05, 4.69) is 4.98 Å². The van der Waals surface area contributed by atoms with Crippen LogP contribution in [0.25, 0.3) is 0 Å². The summed E-state index contributed by atoms with van der Waals surface area (Å²) in [6.07, 6.45) is 3.29. The van der Waals surface area contributed by atoms with Crippen LogP contribution in [0.15, 0.2) is 40.1 Å². The van der Waals surface area contributed by atoms with Crippen LogP contribution in [-0.2, 0) is 4.79 Å². The summed E-state index contributed by atoms with van der Waals surface area (Å²) in [5.41, 5.74) is 0. The third-order valence-electron chi connectivity index (χ3n) is 1.52. The van der Waals surface area contributed by atoms with Crippen molar-refractivity contribution in [3.8, 4) is 0 Å². The Labute approximate surface area is 86.9 Å². The molecule has 0 aromatic carbocycles. The van der Waals surface area contributed by atoms with Gasteiger partial charge in [-0.15, -0.1) is 0 Å². The highest BCUT2D eigenvalue weighted by Gasteiger charge is 2.09. The van der Waals surface area contributed by atoms with Crippen molar-refractivity contribution >= 4 is 17.5 Å². The van der Waals surface area contributed by atoms with Gasteiger partial charge in [0.15, 0.2) is 5.78 Å². The van der Waals surface area contributed by atoms with Crippen LogP contribution in [0, 0.1) is 0 Å². The fraction of sp³-hybridized carbons (Fsp3) is 0.200. The van der Waals surface area contributed by atoms with Gasteiger partial charge in [-0.2, -0.15) is 0 Å². The molecule has 0 spiro atoms. The molecular formula is C10H11NO2S. The van der Waals surface area contributed by atoms with Gasteiger partial charge in [-0.25, -0.2) is 0 Å². The van der Waals surface area contributed by atoms with Crippen molar-refractivity contribution in [1.29, 1.82) is 0 Å². The predicted molar refractivity (Wildman–Crippen MR) is 56.1 cm³/mol. The first-order valence-corrected chi connectivity index (χ1v) is 4.91. The fourth-order valence-electron chi connectivity index (χ4n) is 0.925. The summed E-state index contributed by atoms with van der Waals surface area (Å²) in [4.78, 5) is 16.3. The lowest BCUT2D eigenvalue weighted by molar-refractivity contribution is -0.113. The molecule has 0 aliphatic heterocycles. The number of aliphatic hydroxyl groups is 1. The van der Waals surface area contributed by atoms with E-state index < -0.39 is 0 Å². The molecule has 1 rings (SSSR count). The molecule has 0 aliphatic rings. The molecule has 0 aliphatic carbocycles. The van der Waals surface area contributed by atoms with Gasteiger partial charge in [-0.1, -0.05) is 11.8 Å². The maximum Gasteiger partial charge on any atom is 0.169 e. The molecule has 4 heteroatoms. The van der Waals surface area contributed by atoms with Crippen molar-refractivity contribution in [2.75, 3.05) is 0 Å². The van der Waals surface area contributed by atoms with Crippen LogP contribution in [0.4, 0.5) is 0 Å². The van der Waals surface area contributed by atoms with E-state index in [0.717, 1.165) is 4.90 Å². The van der Waals surface area contributed by atoms with Crippen LogP contribution in [-0.4, -0.2) is 15.9 Å². The summed E-state index contributed by atoms with van der Waals surface area (Å²) in [7, 11) is 0. The molecule has 1 N–H and O–H groups in total. The van der Waals surface area contributed by atoms with Crippen LogP contribution >= 0.6 is 11.8 Å². The van der Waals surface area contributed by atoms with Gasteiger partial charge < -0.3 is 5.11 Å². The summed E-state index contributed by atoms with van der Waals surface area (Å²) >= 11 is 1.24. The van der Waals surface area contributed by atoms with Gasteiger partial charge in [-0.05, 0) is 26.0 Å². The molecule has 0 saturated carbocycles. The lowest BCUT2D eigenvalue weighted by Gasteiger charge is -2.03. The number of ketones is 1. The Morgan fingerprint density at radius 2 is 1.93 bits per heavy atom. The second-order valence-electron chi connectivity index (χ2n) is 2.76. The van der Waals surface area contributed by atoms with Crippen LogP contribution in [0.3, 0.4) is 0 Å². The number of aromatic nitrogens is 1. The van der Waals surface area contributed by atoms with Crippen LogP contribution in [0.2, 0.25) is 0 Å². The lowest BCUT2D eigenvalue weighted by Crippen LogP contribution is -1.95. The van der Waals surface area contributed by atoms with Gasteiger partial charge in [0.05, 0.1) is 4.91 Å². The summed E-state index contributed by atoms with van der Waals surface area (Å²) in [5.74, 6) is -0.0777. The number of nitrogens with zero attached hydrogens (tertiary/aromatic N) is 1. The van der Waals surface area contributed by atoms with Crippen molar-refractivity contribution in [2.24, 2.45) is 0 Å². The highest BCUT2D eigenvalue weighted by molar-refractivity contribution is 8.04. The Morgan fingerprint density at radius 3 is 2.36 bits per heavy atom. The molecule has 0 fully saturated rings. The first-order valence-electron chi connectivity index (χ1n) is 4.10. The standard InChI is InChI=1S/C10H11NO2S/c1-7(12)10(8(2)13)14-9-3-5-11-6-4-9/h3-6,12H,1-2H3/b10-7+. The van der Waals surface area contributed by atoms with Gasteiger partial charge in [0.1, 0.15) is 5.76 Å². The number of rotatable bonds is 3. The van der Waals surface area contributed by atoms with E-state index >= 15 is 0 Å². The van der Waals surface area contributed by atoms with E-state index in [1.165, 1.54) is 25.6 Å². The van der Waals surface area contributed by atoms with Crippen LogP contribution in [0.1, 0.15) is 13.8 Å². The minimum Gasteiger partial charge on any atom is -0.511 e. The predicted octanol–water partition coefficient (Wildman–Crippen LogP) is 2.55. The second-order valence-corrected chi connectivity index (χ2v) is 3.84. The number of carbonyl (C=O) groups excluding carboxylic acids is 1. The molecule has 0 amide bonds. The van der Waals surface area contributed by atoms with Gasteiger partial charge in [0.25, 0.3) is 0 Å².